The van der Waals surface area contributed by atoms with Crippen molar-refractivity contribution in [1.29, 1.82) is 0 Å². The van der Waals surface area contributed by atoms with E-state index in [-0.39, 0.29) is 18.2 Å². The highest BCUT2D eigenvalue weighted by atomic mass is 35.5. The fourth-order valence-corrected chi connectivity index (χ4v) is 2.65. The highest BCUT2D eigenvalue weighted by Gasteiger charge is 2.27. The van der Waals surface area contributed by atoms with Crippen LogP contribution in [-0.2, 0) is 4.74 Å². The molecule has 1 aromatic carbocycles. The lowest BCUT2D eigenvalue weighted by Crippen LogP contribution is -2.49. The minimum atomic E-state index is -0.319. The highest BCUT2D eigenvalue weighted by Crippen LogP contribution is 2.19. The van der Waals surface area contributed by atoms with Crippen molar-refractivity contribution in [2.75, 3.05) is 33.4 Å². The molecule has 1 saturated heterocycles. The SMILES string of the molecule is COC1CCN(CCOc2ccccc2F)C(CN)C1.Cl. The van der Waals surface area contributed by atoms with E-state index in [2.05, 4.69) is 4.90 Å². The largest absolute Gasteiger partial charge is 0.489 e. The Labute approximate surface area is 131 Å². The molecule has 1 aromatic rings. The zero-order chi connectivity index (χ0) is 14.4. The van der Waals surface area contributed by atoms with E-state index in [0.717, 1.165) is 25.9 Å². The van der Waals surface area contributed by atoms with Crippen LogP contribution in [0.3, 0.4) is 0 Å². The van der Waals surface area contributed by atoms with E-state index in [0.29, 0.717) is 31.0 Å². The molecule has 0 radical (unpaired) electrons. The van der Waals surface area contributed by atoms with E-state index in [9.17, 15) is 4.39 Å². The third-order valence-electron chi connectivity index (χ3n) is 3.87. The fourth-order valence-electron chi connectivity index (χ4n) is 2.65. The number of para-hydroxylation sites is 1. The van der Waals surface area contributed by atoms with Crippen LogP contribution in [0.1, 0.15) is 12.8 Å². The van der Waals surface area contributed by atoms with Gasteiger partial charge in [-0.05, 0) is 25.0 Å². The molecule has 1 aliphatic heterocycles. The second-order valence-electron chi connectivity index (χ2n) is 5.09. The number of hydrogen-bond acceptors (Lipinski definition) is 4. The Morgan fingerprint density at radius 3 is 2.81 bits per heavy atom. The van der Waals surface area contributed by atoms with Crippen LogP contribution in [0.25, 0.3) is 0 Å². The van der Waals surface area contributed by atoms with Gasteiger partial charge in [-0.1, -0.05) is 12.1 Å². The molecule has 2 unspecified atom stereocenters. The molecule has 0 amide bonds. The monoisotopic (exact) mass is 318 g/mol. The van der Waals surface area contributed by atoms with E-state index in [4.69, 9.17) is 15.2 Å². The normalized spacial score (nSPS) is 22.6. The maximum absolute atomic E-state index is 13.4. The quantitative estimate of drug-likeness (QED) is 0.872. The van der Waals surface area contributed by atoms with Crippen molar-refractivity contribution in [3.63, 3.8) is 0 Å². The molecule has 0 aliphatic carbocycles. The lowest BCUT2D eigenvalue weighted by molar-refractivity contribution is 0.00909. The van der Waals surface area contributed by atoms with Crippen LogP contribution in [0, 0.1) is 5.82 Å². The molecule has 0 saturated carbocycles. The number of likely N-dealkylation sites (tertiary alicyclic amines) is 1. The van der Waals surface area contributed by atoms with Crippen LogP contribution >= 0.6 is 12.4 Å². The van der Waals surface area contributed by atoms with Gasteiger partial charge in [0.15, 0.2) is 11.6 Å². The van der Waals surface area contributed by atoms with E-state index in [1.165, 1.54) is 6.07 Å². The molecule has 1 heterocycles. The molecular formula is C15H24ClFN2O2. The summed E-state index contributed by atoms with van der Waals surface area (Å²) >= 11 is 0. The summed E-state index contributed by atoms with van der Waals surface area (Å²) in [5.74, 6) is -0.00968. The third kappa shape index (κ3) is 5.11. The second-order valence-corrected chi connectivity index (χ2v) is 5.09. The number of nitrogens with two attached hydrogens (primary N) is 1. The first-order valence-electron chi connectivity index (χ1n) is 7.08. The average molecular weight is 319 g/mol. The standard InChI is InChI=1S/C15H23FN2O2.ClH/c1-19-13-6-7-18(12(10-13)11-17)8-9-20-15-5-3-2-4-14(15)16;/h2-5,12-13H,6-11,17H2,1H3;1H. The number of nitrogens with zero attached hydrogens (tertiary/aromatic N) is 1. The summed E-state index contributed by atoms with van der Waals surface area (Å²) in [5, 5.41) is 0. The number of methoxy groups -OCH3 is 1. The zero-order valence-electron chi connectivity index (χ0n) is 12.3. The van der Waals surface area contributed by atoms with Crippen LogP contribution in [0.15, 0.2) is 24.3 Å². The fraction of sp³-hybridized carbons (Fsp3) is 0.600. The summed E-state index contributed by atoms with van der Waals surface area (Å²) in [7, 11) is 1.75. The van der Waals surface area contributed by atoms with Crippen molar-refractivity contribution in [3.8, 4) is 5.75 Å². The van der Waals surface area contributed by atoms with Crippen molar-refractivity contribution in [2.45, 2.75) is 25.0 Å². The van der Waals surface area contributed by atoms with Gasteiger partial charge in [-0.2, -0.15) is 0 Å². The number of benzene rings is 1. The summed E-state index contributed by atoms with van der Waals surface area (Å²) in [6.45, 7) is 2.78. The van der Waals surface area contributed by atoms with Crippen molar-refractivity contribution in [3.05, 3.63) is 30.1 Å². The van der Waals surface area contributed by atoms with Gasteiger partial charge >= 0.3 is 0 Å². The molecule has 1 aliphatic rings. The van der Waals surface area contributed by atoms with Crippen LogP contribution in [0.5, 0.6) is 5.75 Å². The maximum atomic E-state index is 13.4. The first-order chi connectivity index (χ1) is 9.74. The van der Waals surface area contributed by atoms with Gasteiger partial charge in [0.05, 0.1) is 6.10 Å². The van der Waals surface area contributed by atoms with Gasteiger partial charge in [-0.15, -0.1) is 12.4 Å². The second kappa shape index (κ2) is 9.20. The maximum Gasteiger partial charge on any atom is 0.165 e. The Morgan fingerprint density at radius 1 is 1.38 bits per heavy atom. The average Bonchev–Trinajstić information content (AvgIpc) is 2.49. The Balaban J connectivity index is 0.00000220. The topological polar surface area (TPSA) is 47.7 Å². The number of piperidine rings is 1. The molecule has 6 heteroatoms. The molecule has 120 valence electrons. The Hall–Kier alpha value is -0.880. The predicted octanol–water partition coefficient (Wildman–Crippen LogP) is 2.06. The lowest BCUT2D eigenvalue weighted by atomic mass is 9.99. The molecule has 0 spiro atoms. The highest BCUT2D eigenvalue weighted by molar-refractivity contribution is 5.85. The first-order valence-corrected chi connectivity index (χ1v) is 7.08. The van der Waals surface area contributed by atoms with Crippen LogP contribution in [0.4, 0.5) is 4.39 Å². The Kier molecular flexibility index (Phi) is 7.96. The van der Waals surface area contributed by atoms with Gasteiger partial charge in [0, 0.05) is 32.8 Å². The molecule has 21 heavy (non-hydrogen) atoms. The van der Waals surface area contributed by atoms with E-state index in [1.807, 2.05) is 0 Å². The molecule has 0 aromatic heterocycles. The van der Waals surface area contributed by atoms with Gasteiger partial charge < -0.3 is 15.2 Å². The van der Waals surface area contributed by atoms with Gasteiger partial charge in [0.2, 0.25) is 0 Å². The van der Waals surface area contributed by atoms with Gasteiger partial charge in [-0.25, -0.2) is 4.39 Å². The molecule has 1 fully saturated rings. The van der Waals surface area contributed by atoms with E-state index >= 15 is 0 Å². The summed E-state index contributed by atoms with van der Waals surface area (Å²) in [4.78, 5) is 2.30. The Bertz CT molecular complexity index is 422. The summed E-state index contributed by atoms with van der Waals surface area (Å²) in [6.07, 6.45) is 2.26. The number of halogens is 2. The smallest absolute Gasteiger partial charge is 0.165 e. The third-order valence-corrected chi connectivity index (χ3v) is 3.87. The van der Waals surface area contributed by atoms with E-state index in [1.54, 1.807) is 25.3 Å². The first kappa shape index (κ1) is 18.2. The minimum Gasteiger partial charge on any atom is -0.489 e. The summed E-state index contributed by atoms with van der Waals surface area (Å²) in [5.41, 5.74) is 5.82. The Morgan fingerprint density at radius 2 is 2.14 bits per heavy atom. The van der Waals surface area contributed by atoms with Crippen molar-refractivity contribution < 1.29 is 13.9 Å². The van der Waals surface area contributed by atoms with Crippen LogP contribution in [-0.4, -0.2) is 50.4 Å². The molecule has 0 bridgehead atoms. The molecule has 4 nitrogen and oxygen atoms in total. The number of ether oxygens (including phenoxy) is 2. The van der Waals surface area contributed by atoms with Crippen LogP contribution < -0.4 is 10.5 Å². The number of hydrogen-bond donors (Lipinski definition) is 1. The van der Waals surface area contributed by atoms with Crippen molar-refractivity contribution in [1.82, 2.24) is 4.90 Å². The molecule has 2 N–H and O–H groups in total. The summed E-state index contributed by atoms with van der Waals surface area (Å²) in [6, 6.07) is 6.79. The number of rotatable bonds is 6. The van der Waals surface area contributed by atoms with Gasteiger partial charge in [-0.3, -0.25) is 4.90 Å². The van der Waals surface area contributed by atoms with Gasteiger partial charge in [0.25, 0.3) is 0 Å². The predicted molar refractivity (Wildman–Crippen MR) is 83.6 cm³/mol. The zero-order valence-corrected chi connectivity index (χ0v) is 13.2. The lowest BCUT2D eigenvalue weighted by Gasteiger charge is -2.38. The summed E-state index contributed by atoms with van der Waals surface area (Å²) < 4.78 is 24.3. The van der Waals surface area contributed by atoms with E-state index < -0.39 is 0 Å². The van der Waals surface area contributed by atoms with Crippen LogP contribution in [0.2, 0.25) is 0 Å². The molecular weight excluding hydrogens is 295 g/mol. The molecule has 2 atom stereocenters. The van der Waals surface area contributed by atoms with Crippen molar-refractivity contribution in [2.24, 2.45) is 5.73 Å². The molecule has 2 rings (SSSR count). The minimum absolute atomic E-state index is 0. The van der Waals surface area contributed by atoms with Crippen molar-refractivity contribution >= 4 is 12.4 Å². The van der Waals surface area contributed by atoms with Gasteiger partial charge in [0.1, 0.15) is 6.61 Å².